The van der Waals surface area contributed by atoms with Gasteiger partial charge < -0.3 is 0 Å². The van der Waals surface area contributed by atoms with E-state index < -0.39 is 31.5 Å². The fourth-order valence-electron chi connectivity index (χ4n) is 1.28. The topological polar surface area (TPSA) is 57.9 Å². The third-order valence-corrected chi connectivity index (χ3v) is 3.63. The van der Waals surface area contributed by atoms with Gasteiger partial charge in [-0.2, -0.15) is 5.26 Å². The molecular formula is C9H5Cl2F2NO2S. The normalized spacial score (nSPS) is 11.5. The molecule has 0 amide bonds. The maximum atomic E-state index is 12.7. The maximum Gasteiger partial charge on any atom is 0.266 e. The summed E-state index contributed by atoms with van der Waals surface area (Å²) in [7, 11) is 0.691. The van der Waals surface area contributed by atoms with E-state index in [1.807, 2.05) is 0 Å². The lowest BCUT2D eigenvalue weighted by molar-refractivity contribution is 0.147. The van der Waals surface area contributed by atoms with Crippen LogP contribution in [0.25, 0.3) is 0 Å². The summed E-state index contributed by atoms with van der Waals surface area (Å²) in [6.07, 6.45) is -3.11. The molecule has 0 aliphatic rings. The van der Waals surface area contributed by atoms with E-state index in [0.29, 0.717) is 0 Å². The van der Waals surface area contributed by atoms with Gasteiger partial charge in [0.15, 0.2) is 0 Å². The molecule has 0 saturated carbocycles. The zero-order valence-electron chi connectivity index (χ0n) is 8.12. The zero-order valence-corrected chi connectivity index (χ0v) is 10.5. The number of hydrogen-bond donors (Lipinski definition) is 0. The first-order valence-corrected chi connectivity index (χ1v) is 7.01. The number of nitriles is 1. The van der Waals surface area contributed by atoms with E-state index in [-0.39, 0.29) is 11.4 Å². The van der Waals surface area contributed by atoms with Gasteiger partial charge in [-0.3, -0.25) is 0 Å². The molecule has 1 aromatic rings. The fourth-order valence-corrected chi connectivity index (χ4v) is 2.57. The van der Waals surface area contributed by atoms with E-state index in [1.54, 1.807) is 0 Å². The molecule has 0 N–H and O–H groups in total. The minimum atomic E-state index is -4.36. The van der Waals surface area contributed by atoms with Gasteiger partial charge in [0.05, 0.1) is 22.1 Å². The summed E-state index contributed by atoms with van der Waals surface area (Å²) in [5.74, 6) is -0.113. The van der Waals surface area contributed by atoms with Crippen molar-refractivity contribution in [3.05, 3.63) is 28.8 Å². The summed E-state index contributed by atoms with van der Waals surface area (Å²) in [6, 6.07) is 3.56. The molecule has 0 bridgehead atoms. The number of halogens is 4. The third kappa shape index (κ3) is 3.06. The Labute approximate surface area is 106 Å². The Hall–Kier alpha value is -0.900. The Kier molecular flexibility index (Phi) is 4.31. The van der Waals surface area contributed by atoms with Crippen molar-refractivity contribution in [2.75, 3.05) is 0 Å². The first-order valence-electron chi connectivity index (χ1n) is 4.17. The molecule has 0 aliphatic heterocycles. The predicted molar refractivity (Wildman–Crippen MR) is 58.7 cm³/mol. The van der Waals surface area contributed by atoms with Crippen LogP contribution in [0.4, 0.5) is 8.78 Å². The average molecular weight is 300 g/mol. The van der Waals surface area contributed by atoms with E-state index in [2.05, 4.69) is 0 Å². The van der Waals surface area contributed by atoms with Gasteiger partial charge >= 0.3 is 0 Å². The summed E-state index contributed by atoms with van der Waals surface area (Å²) in [6.45, 7) is 0. The van der Waals surface area contributed by atoms with E-state index in [0.717, 1.165) is 12.1 Å². The van der Waals surface area contributed by atoms with Crippen molar-refractivity contribution in [2.24, 2.45) is 0 Å². The van der Waals surface area contributed by atoms with Gasteiger partial charge in [0.1, 0.15) is 0 Å². The summed E-state index contributed by atoms with van der Waals surface area (Å²) < 4.78 is 47.8. The van der Waals surface area contributed by atoms with Gasteiger partial charge in [-0.15, -0.1) is 11.6 Å². The highest BCUT2D eigenvalue weighted by Gasteiger charge is 2.26. The minimum absolute atomic E-state index is 0.113. The summed E-state index contributed by atoms with van der Waals surface area (Å²) in [5.41, 5.74) is -1.11. The molecular weight excluding hydrogens is 295 g/mol. The second-order valence-corrected chi connectivity index (χ2v) is 5.84. The highest BCUT2D eigenvalue weighted by Crippen LogP contribution is 2.33. The number of nitrogens with zero attached hydrogens (tertiary/aromatic N) is 1. The van der Waals surface area contributed by atoms with Crippen LogP contribution in [0.2, 0.25) is 0 Å². The molecule has 0 heterocycles. The predicted octanol–water partition coefficient (Wildman–Crippen LogP) is 3.16. The molecule has 0 saturated heterocycles. The van der Waals surface area contributed by atoms with Gasteiger partial charge in [0, 0.05) is 16.6 Å². The monoisotopic (exact) mass is 299 g/mol. The Balaban J connectivity index is 3.72. The van der Waals surface area contributed by atoms with Crippen LogP contribution in [0, 0.1) is 11.3 Å². The molecule has 1 aromatic carbocycles. The number of rotatable bonds is 3. The first kappa shape index (κ1) is 14.2. The molecule has 0 atom stereocenters. The Bertz CT molecular complexity index is 581. The Morgan fingerprint density at radius 3 is 2.35 bits per heavy atom. The van der Waals surface area contributed by atoms with Crippen LogP contribution in [-0.4, -0.2) is 8.42 Å². The van der Waals surface area contributed by atoms with Crippen LogP contribution in [-0.2, 0) is 14.9 Å². The standard InChI is InChI=1S/C9H5Cl2F2NO2S/c10-3-5-1-6(4-14)8(9(12)13)7(2-5)17(11,15)16/h1-2,9H,3H2. The molecule has 0 fully saturated rings. The maximum absolute atomic E-state index is 12.7. The third-order valence-electron chi connectivity index (χ3n) is 1.96. The molecule has 0 aromatic heterocycles. The molecule has 3 nitrogen and oxygen atoms in total. The van der Waals surface area contributed by atoms with Crippen LogP contribution in [0.5, 0.6) is 0 Å². The molecule has 0 radical (unpaired) electrons. The van der Waals surface area contributed by atoms with E-state index in [9.17, 15) is 17.2 Å². The second kappa shape index (κ2) is 5.17. The Morgan fingerprint density at radius 2 is 2.00 bits per heavy atom. The van der Waals surface area contributed by atoms with Crippen molar-refractivity contribution in [2.45, 2.75) is 17.2 Å². The van der Waals surface area contributed by atoms with Crippen LogP contribution < -0.4 is 0 Å². The van der Waals surface area contributed by atoms with E-state index in [4.69, 9.17) is 27.5 Å². The van der Waals surface area contributed by atoms with Crippen molar-refractivity contribution < 1.29 is 17.2 Å². The molecule has 17 heavy (non-hydrogen) atoms. The SMILES string of the molecule is N#Cc1cc(CCl)cc(S(=O)(=O)Cl)c1C(F)F. The molecule has 0 aliphatic carbocycles. The zero-order chi connectivity index (χ0) is 13.2. The van der Waals surface area contributed by atoms with Gasteiger partial charge in [-0.25, -0.2) is 17.2 Å². The average Bonchev–Trinajstić information content (AvgIpc) is 2.25. The van der Waals surface area contributed by atoms with Gasteiger partial charge in [-0.05, 0) is 17.7 Å². The number of benzene rings is 1. The lowest BCUT2D eigenvalue weighted by Crippen LogP contribution is -2.03. The Morgan fingerprint density at radius 1 is 1.41 bits per heavy atom. The quantitative estimate of drug-likeness (QED) is 0.636. The van der Waals surface area contributed by atoms with Gasteiger partial charge in [0.25, 0.3) is 15.5 Å². The minimum Gasteiger partial charge on any atom is -0.207 e. The molecule has 8 heteroatoms. The molecule has 92 valence electrons. The highest BCUT2D eigenvalue weighted by molar-refractivity contribution is 8.13. The van der Waals surface area contributed by atoms with Crippen LogP contribution in [0.1, 0.15) is 23.1 Å². The van der Waals surface area contributed by atoms with Crippen LogP contribution >= 0.6 is 22.3 Å². The van der Waals surface area contributed by atoms with Gasteiger partial charge in [0.2, 0.25) is 0 Å². The lowest BCUT2D eigenvalue weighted by Gasteiger charge is -2.09. The largest absolute Gasteiger partial charge is 0.266 e. The lowest BCUT2D eigenvalue weighted by atomic mass is 10.1. The smallest absolute Gasteiger partial charge is 0.207 e. The second-order valence-electron chi connectivity index (χ2n) is 3.04. The van der Waals surface area contributed by atoms with E-state index >= 15 is 0 Å². The van der Waals surface area contributed by atoms with Crippen LogP contribution in [0.3, 0.4) is 0 Å². The first-order chi connectivity index (χ1) is 7.81. The van der Waals surface area contributed by atoms with Crippen molar-refractivity contribution in [1.82, 2.24) is 0 Å². The van der Waals surface area contributed by atoms with Crippen molar-refractivity contribution in [1.29, 1.82) is 5.26 Å². The fraction of sp³-hybridized carbons (Fsp3) is 0.222. The number of alkyl halides is 3. The van der Waals surface area contributed by atoms with Crippen LogP contribution in [0.15, 0.2) is 17.0 Å². The van der Waals surface area contributed by atoms with Gasteiger partial charge in [-0.1, -0.05) is 0 Å². The van der Waals surface area contributed by atoms with Crippen molar-refractivity contribution in [3.8, 4) is 6.07 Å². The summed E-state index contributed by atoms with van der Waals surface area (Å²) >= 11 is 5.48. The van der Waals surface area contributed by atoms with E-state index in [1.165, 1.54) is 6.07 Å². The molecule has 1 rings (SSSR count). The highest BCUT2D eigenvalue weighted by atomic mass is 35.7. The number of hydrogen-bond acceptors (Lipinski definition) is 3. The van der Waals surface area contributed by atoms with Crippen molar-refractivity contribution in [3.63, 3.8) is 0 Å². The molecule has 0 unspecified atom stereocenters. The summed E-state index contributed by atoms with van der Waals surface area (Å²) in [5, 5.41) is 8.71. The van der Waals surface area contributed by atoms with Crippen molar-refractivity contribution >= 4 is 31.3 Å². The molecule has 0 spiro atoms. The summed E-state index contributed by atoms with van der Waals surface area (Å²) in [4.78, 5) is -0.774.